The first-order valence-electron chi connectivity index (χ1n) is 6.79. The molecule has 0 fully saturated rings. The van der Waals surface area contributed by atoms with E-state index in [9.17, 15) is 0 Å². The Morgan fingerprint density at radius 1 is 1.25 bits per heavy atom. The molecule has 0 aliphatic heterocycles. The van der Waals surface area contributed by atoms with Crippen LogP contribution in [-0.2, 0) is 4.74 Å². The van der Waals surface area contributed by atoms with E-state index in [2.05, 4.69) is 11.8 Å². The summed E-state index contributed by atoms with van der Waals surface area (Å²) < 4.78 is 11.4. The number of ether oxygens (including phenoxy) is 2. The van der Waals surface area contributed by atoms with Gasteiger partial charge in [-0.1, -0.05) is 25.1 Å². The molecule has 0 N–H and O–H groups in total. The quantitative estimate of drug-likeness (QED) is 0.511. The maximum absolute atomic E-state index is 5.75. The number of hydrogen-bond acceptors (Lipinski definition) is 3. The third-order valence-corrected chi connectivity index (χ3v) is 3.16. The lowest BCUT2D eigenvalue weighted by molar-refractivity contribution is -0.0715. The summed E-state index contributed by atoms with van der Waals surface area (Å²) in [6.45, 7) is 9.49. The van der Waals surface area contributed by atoms with Crippen molar-refractivity contribution in [2.45, 2.75) is 27.1 Å². The predicted octanol–water partition coefficient (Wildman–Crippen LogP) is 3.72. The van der Waals surface area contributed by atoms with Gasteiger partial charge >= 0.3 is 0 Å². The molecule has 0 spiro atoms. The second-order valence-electron chi connectivity index (χ2n) is 4.45. The van der Waals surface area contributed by atoms with E-state index in [4.69, 9.17) is 21.1 Å². The van der Waals surface area contributed by atoms with Crippen LogP contribution >= 0.6 is 24.0 Å². The van der Waals surface area contributed by atoms with Crippen LogP contribution in [0.3, 0.4) is 0 Å². The molecule has 0 saturated heterocycles. The van der Waals surface area contributed by atoms with Crippen molar-refractivity contribution in [2.75, 3.05) is 32.1 Å². The van der Waals surface area contributed by atoms with Gasteiger partial charge in [-0.3, -0.25) is 0 Å². The summed E-state index contributed by atoms with van der Waals surface area (Å²) in [5.74, 6) is 1.53. The van der Waals surface area contributed by atoms with Crippen LogP contribution in [0.2, 0.25) is 0 Å². The molecule has 0 heterocycles. The van der Waals surface area contributed by atoms with Gasteiger partial charge in [0.1, 0.15) is 5.75 Å². The summed E-state index contributed by atoms with van der Waals surface area (Å²) in [5, 5.41) is 0. The summed E-state index contributed by atoms with van der Waals surface area (Å²) in [6, 6.07) is 7.95. The number of aryl methyl sites for hydroxylation is 1. The maximum atomic E-state index is 5.75. The van der Waals surface area contributed by atoms with E-state index in [0.717, 1.165) is 30.9 Å². The van der Waals surface area contributed by atoms with Gasteiger partial charge in [0.2, 0.25) is 0 Å². The molecule has 0 bridgehead atoms. The molecule has 0 aromatic heterocycles. The molecule has 20 heavy (non-hydrogen) atoms. The highest BCUT2D eigenvalue weighted by Crippen LogP contribution is 2.17. The van der Waals surface area contributed by atoms with Crippen molar-refractivity contribution in [3.63, 3.8) is 0 Å². The Morgan fingerprint density at radius 3 is 2.55 bits per heavy atom. The van der Waals surface area contributed by atoms with Crippen LogP contribution in [0.1, 0.15) is 19.4 Å². The topological polar surface area (TPSA) is 21.7 Å². The first kappa shape index (κ1) is 19.5. The first-order chi connectivity index (χ1) is 9.17. The van der Waals surface area contributed by atoms with Crippen molar-refractivity contribution >= 4 is 24.0 Å². The highest BCUT2D eigenvalue weighted by Gasteiger charge is 2.07. The fraction of sp³-hybridized carbons (Fsp3) is 0.600. The SMILES string of the molecule is CCN(CCCl)CCOC(C)Oc1ccccc1C.Cl. The minimum Gasteiger partial charge on any atom is -0.465 e. The van der Waals surface area contributed by atoms with Crippen LogP contribution in [-0.4, -0.2) is 43.3 Å². The lowest BCUT2D eigenvalue weighted by Gasteiger charge is -2.21. The molecule has 1 aromatic rings. The van der Waals surface area contributed by atoms with Gasteiger partial charge in [0.05, 0.1) is 6.61 Å². The lowest BCUT2D eigenvalue weighted by Crippen LogP contribution is -2.31. The Kier molecular flexibility index (Phi) is 10.9. The Morgan fingerprint density at radius 2 is 1.95 bits per heavy atom. The van der Waals surface area contributed by atoms with Crippen molar-refractivity contribution in [1.82, 2.24) is 4.90 Å². The Labute approximate surface area is 133 Å². The lowest BCUT2D eigenvalue weighted by atomic mass is 10.2. The smallest absolute Gasteiger partial charge is 0.197 e. The largest absolute Gasteiger partial charge is 0.465 e. The maximum Gasteiger partial charge on any atom is 0.197 e. The van der Waals surface area contributed by atoms with Crippen molar-refractivity contribution < 1.29 is 9.47 Å². The van der Waals surface area contributed by atoms with Gasteiger partial charge in [0, 0.05) is 19.0 Å². The number of benzene rings is 1. The van der Waals surface area contributed by atoms with Crippen molar-refractivity contribution in [3.8, 4) is 5.75 Å². The summed E-state index contributed by atoms with van der Waals surface area (Å²) in [4.78, 5) is 2.26. The molecule has 0 saturated carbocycles. The molecular weight excluding hydrogens is 297 g/mol. The third kappa shape index (κ3) is 7.34. The van der Waals surface area contributed by atoms with Crippen LogP contribution in [0.25, 0.3) is 0 Å². The molecule has 5 heteroatoms. The normalized spacial score (nSPS) is 12.1. The van der Waals surface area contributed by atoms with Gasteiger partial charge in [-0.2, -0.15) is 0 Å². The van der Waals surface area contributed by atoms with Crippen LogP contribution < -0.4 is 4.74 Å². The van der Waals surface area contributed by atoms with E-state index in [1.807, 2.05) is 38.1 Å². The van der Waals surface area contributed by atoms with E-state index in [1.165, 1.54) is 0 Å². The van der Waals surface area contributed by atoms with Gasteiger partial charge < -0.3 is 14.4 Å². The zero-order chi connectivity index (χ0) is 14.1. The van der Waals surface area contributed by atoms with Gasteiger partial charge in [0.25, 0.3) is 0 Å². The van der Waals surface area contributed by atoms with Gasteiger partial charge in [-0.15, -0.1) is 24.0 Å². The van der Waals surface area contributed by atoms with Crippen LogP contribution in [0.4, 0.5) is 0 Å². The Balaban J connectivity index is 0.00000361. The average molecular weight is 322 g/mol. The highest BCUT2D eigenvalue weighted by atomic mass is 35.5. The monoisotopic (exact) mass is 321 g/mol. The zero-order valence-corrected chi connectivity index (χ0v) is 14.0. The standard InChI is InChI=1S/C15H24ClNO2.ClH/c1-4-17(10-9-16)11-12-18-14(3)19-15-8-6-5-7-13(15)2;/h5-8,14H,4,9-12H2,1-3H3;1H. The molecule has 3 nitrogen and oxygen atoms in total. The molecule has 1 aromatic carbocycles. The van der Waals surface area contributed by atoms with E-state index < -0.39 is 0 Å². The summed E-state index contributed by atoms with van der Waals surface area (Å²) in [7, 11) is 0. The summed E-state index contributed by atoms with van der Waals surface area (Å²) in [6.07, 6.45) is -0.240. The first-order valence-corrected chi connectivity index (χ1v) is 7.33. The van der Waals surface area contributed by atoms with Gasteiger partial charge in [0.15, 0.2) is 6.29 Å². The fourth-order valence-electron chi connectivity index (χ4n) is 1.80. The number of para-hydroxylation sites is 1. The number of rotatable bonds is 9. The molecule has 1 unspecified atom stereocenters. The number of hydrogen-bond donors (Lipinski definition) is 0. The molecule has 1 atom stereocenters. The number of likely N-dealkylation sites (N-methyl/N-ethyl adjacent to an activating group) is 1. The average Bonchev–Trinajstić information content (AvgIpc) is 2.40. The molecular formula is C15H25Cl2NO2. The molecule has 0 aliphatic carbocycles. The van der Waals surface area contributed by atoms with Crippen molar-refractivity contribution in [1.29, 1.82) is 0 Å². The molecule has 1 rings (SSSR count). The summed E-state index contributed by atoms with van der Waals surface area (Å²) in [5.41, 5.74) is 1.12. The Bertz CT molecular complexity index is 363. The third-order valence-electron chi connectivity index (χ3n) is 2.99. The molecule has 116 valence electrons. The van der Waals surface area contributed by atoms with Crippen LogP contribution in [0.15, 0.2) is 24.3 Å². The fourth-order valence-corrected chi connectivity index (χ4v) is 2.04. The van der Waals surface area contributed by atoms with E-state index in [0.29, 0.717) is 12.5 Å². The predicted molar refractivity (Wildman–Crippen MR) is 87.3 cm³/mol. The van der Waals surface area contributed by atoms with Gasteiger partial charge in [-0.25, -0.2) is 0 Å². The minimum atomic E-state index is -0.240. The second-order valence-corrected chi connectivity index (χ2v) is 4.82. The highest BCUT2D eigenvalue weighted by molar-refractivity contribution is 6.18. The number of halogens is 2. The summed E-state index contributed by atoms with van der Waals surface area (Å²) >= 11 is 5.73. The molecule has 0 amide bonds. The number of nitrogens with zero attached hydrogens (tertiary/aromatic N) is 1. The van der Waals surface area contributed by atoms with E-state index in [1.54, 1.807) is 0 Å². The van der Waals surface area contributed by atoms with Crippen LogP contribution in [0.5, 0.6) is 5.75 Å². The van der Waals surface area contributed by atoms with Crippen molar-refractivity contribution in [2.24, 2.45) is 0 Å². The van der Waals surface area contributed by atoms with Crippen LogP contribution in [0, 0.1) is 6.92 Å². The number of alkyl halides is 1. The Hall–Kier alpha value is -0.480. The minimum absolute atomic E-state index is 0. The molecule has 0 aliphatic rings. The second kappa shape index (κ2) is 11.2. The zero-order valence-electron chi connectivity index (χ0n) is 12.5. The van der Waals surface area contributed by atoms with Gasteiger partial charge in [-0.05, 0) is 32.0 Å². The van der Waals surface area contributed by atoms with E-state index in [-0.39, 0.29) is 18.7 Å². The molecule has 0 radical (unpaired) electrons. The van der Waals surface area contributed by atoms with E-state index >= 15 is 0 Å². The van der Waals surface area contributed by atoms with Crippen molar-refractivity contribution in [3.05, 3.63) is 29.8 Å².